The summed E-state index contributed by atoms with van der Waals surface area (Å²) in [5.74, 6) is 0.978. The molecular formula is C19H22ClNO. The smallest absolute Gasteiger partial charge is 0.119 e. The van der Waals surface area contributed by atoms with Gasteiger partial charge in [-0.25, -0.2) is 0 Å². The molecule has 0 saturated carbocycles. The van der Waals surface area contributed by atoms with Gasteiger partial charge in [-0.3, -0.25) is 4.90 Å². The number of hydrogen-bond donors (Lipinski definition) is 0. The lowest BCUT2D eigenvalue weighted by Gasteiger charge is -2.37. The van der Waals surface area contributed by atoms with Crippen molar-refractivity contribution in [2.24, 2.45) is 0 Å². The molecule has 2 aromatic rings. The highest BCUT2D eigenvalue weighted by Crippen LogP contribution is 2.39. The maximum Gasteiger partial charge on any atom is 0.119 e. The SMILES string of the molecule is COc1ccc2c(c1)CCCN1CCc3ccccc3C21.Cl. The van der Waals surface area contributed by atoms with Crippen LogP contribution in [0.4, 0.5) is 0 Å². The van der Waals surface area contributed by atoms with Crippen molar-refractivity contribution in [1.29, 1.82) is 0 Å². The Hall–Kier alpha value is -1.51. The third-order valence-corrected chi connectivity index (χ3v) is 4.92. The first-order chi connectivity index (χ1) is 10.4. The largest absolute Gasteiger partial charge is 0.497 e. The number of fused-ring (bicyclic) bond motifs is 5. The number of rotatable bonds is 1. The van der Waals surface area contributed by atoms with Crippen molar-refractivity contribution < 1.29 is 4.74 Å². The Morgan fingerprint density at radius 3 is 2.64 bits per heavy atom. The van der Waals surface area contributed by atoms with Crippen LogP contribution in [0.5, 0.6) is 5.75 Å². The fourth-order valence-electron chi connectivity index (χ4n) is 3.89. The molecule has 2 heterocycles. The maximum atomic E-state index is 5.41. The lowest BCUT2D eigenvalue weighted by atomic mass is 9.86. The van der Waals surface area contributed by atoms with Crippen LogP contribution in [0.15, 0.2) is 42.5 Å². The molecule has 1 unspecified atom stereocenters. The number of benzene rings is 2. The standard InChI is InChI=1S/C19H21NO.ClH/c1-21-16-8-9-18-15(13-16)6-4-11-20-12-10-14-5-2-3-7-17(14)19(18)20;/h2-3,5,7-9,13,19H,4,6,10-12H2,1H3;1H. The van der Waals surface area contributed by atoms with E-state index in [1.54, 1.807) is 7.11 Å². The Morgan fingerprint density at radius 2 is 1.77 bits per heavy atom. The molecule has 116 valence electrons. The number of methoxy groups -OCH3 is 1. The molecule has 2 aromatic carbocycles. The fraction of sp³-hybridized carbons (Fsp3) is 0.368. The first kappa shape index (κ1) is 15.4. The zero-order valence-corrected chi connectivity index (χ0v) is 13.7. The summed E-state index contributed by atoms with van der Waals surface area (Å²) in [5, 5.41) is 0. The average molecular weight is 316 g/mol. The van der Waals surface area contributed by atoms with Gasteiger partial charge < -0.3 is 4.74 Å². The van der Waals surface area contributed by atoms with Gasteiger partial charge in [0, 0.05) is 6.54 Å². The van der Waals surface area contributed by atoms with Crippen molar-refractivity contribution in [3.05, 3.63) is 64.7 Å². The lowest BCUT2D eigenvalue weighted by Crippen LogP contribution is -2.35. The van der Waals surface area contributed by atoms with E-state index in [2.05, 4.69) is 47.4 Å². The number of aryl methyl sites for hydroxylation is 1. The lowest BCUT2D eigenvalue weighted by molar-refractivity contribution is 0.218. The minimum Gasteiger partial charge on any atom is -0.497 e. The Kier molecular flexibility index (Phi) is 4.42. The van der Waals surface area contributed by atoms with Crippen LogP contribution in [0.2, 0.25) is 0 Å². The van der Waals surface area contributed by atoms with Gasteiger partial charge in [0.25, 0.3) is 0 Å². The van der Waals surface area contributed by atoms with Crippen molar-refractivity contribution in [2.45, 2.75) is 25.3 Å². The topological polar surface area (TPSA) is 12.5 Å². The van der Waals surface area contributed by atoms with E-state index in [4.69, 9.17) is 4.74 Å². The third-order valence-electron chi connectivity index (χ3n) is 4.92. The molecule has 2 nitrogen and oxygen atoms in total. The van der Waals surface area contributed by atoms with Crippen molar-refractivity contribution in [3.8, 4) is 5.75 Å². The minimum absolute atomic E-state index is 0. The predicted octanol–water partition coefficient (Wildman–Crippen LogP) is 4.01. The van der Waals surface area contributed by atoms with Crippen LogP contribution in [0.1, 0.15) is 34.7 Å². The summed E-state index contributed by atoms with van der Waals surface area (Å²) in [7, 11) is 1.75. The monoisotopic (exact) mass is 315 g/mol. The Bertz CT molecular complexity index is 670. The van der Waals surface area contributed by atoms with Gasteiger partial charge >= 0.3 is 0 Å². The van der Waals surface area contributed by atoms with E-state index in [0.29, 0.717) is 6.04 Å². The molecule has 2 aliphatic rings. The van der Waals surface area contributed by atoms with E-state index in [1.807, 2.05) is 0 Å². The summed E-state index contributed by atoms with van der Waals surface area (Å²) in [6.07, 6.45) is 3.57. The zero-order chi connectivity index (χ0) is 14.2. The highest BCUT2D eigenvalue weighted by atomic mass is 35.5. The van der Waals surface area contributed by atoms with Crippen LogP contribution >= 0.6 is 12.4 Å². The van der Waals surface area contributed by atoms with E-state index in [0.717, 1.165) is 12.2 Å². The second kappa shape index (κ2) is 6.31. The molecule has 0 aliphatic carbocycles. The number of ether oxygens (including phenoxy) is 1. The Balaban J connectivity index is 0.00000144. The molecule has 0 aromatic heterocycles. The van der Waals surface area contributed by atoms with Gasteiger partial charge in [-0.2, -0.15) is 0 Å². The number of hydrogen-bond acceptors (Lipinski definition) is 2. The van der Waals surface area contributed by atoms with Crippen molar-refractivity contribution in [2.75, 3.05) is 20.2 Å². The van der Waals surface area contributed by atoms with Crippen LogP contribution in [0.25, 0.3) is 0 Å². The van der Waals surface area contributed by atoms with Crippen molar-refractivity contribution >= 4 is 12.4 Å². The van der Waals surface area contributed by atoms with Crippen LogP contribution in [-0.4, -0.2) is 25.1 Å². The van der Waals surface area contributed by atoms with Crippen LogP contribution in [0, 0.1) is 0 Å². The third kappa shape index (κ3) is 2.51. The van der Waals surface area contributed by atoms with E-state index >= 15 is 0 Å². The van der Waals surface area contributed by atoms with Crippen LogP contribution < -0.4 is 4.74 Å². The highest BCUT2D eigenvalue weighted by Gasteiger charge is 2.31. The van der Waals surface area contributed by atoms with E-state index in [1.165, 1.54) is 48.2 Å². The maximum absolute atomic E-state index is 5.41. The average Bonchev–Trinajstić information content (AvgIpc) is 2.73. The molecular weight excluding hydrogens is 294 g/mol. The van der Waals surface area contributed by atoms with Gasteiger partial charge in [-0.05, 0) is 60.2 Å². The summed E-state index contributed by atoms with van der Waals surface area (Å²) in [4.78, 5) is 2.65. The Labute approximate surface area is 138 Å². The second-order valence-electron chi connectivity index (χ2n) is 6.06. The van der Waals surface area contributed by atoms with Gasteiger partial charge in [0.2, 0.25) is 0 Å². The Morgan fingerprint density at radius 1 is 0.955 bits per heavy atom. The van der Waals surface area contributed by atoms with Gasteiger partial charge in [0.15, 0.2) is 0 Å². The van der Waals surface area contributed by atoms with Crippen LogP contribution in [-0.2, 0) is 12.8 Å². The van der Waals surface area contributed by atoms with Crippen molar-refractivity contribution in [3.63, 3.8) is 0 Å². The normalized spacial score (nSPS) is 20.0. The van der Waals surface area contributed by atoms with Crippen LogP contribution in [0.3, 0.4) is 0 Å². The molecule has 0 bridgehead atoms. The molecule has 4 rings (SSSR count). The molecule has 0 N–H and O–H groups in total. The number of halogens is 1. The quantitative estimate of drug-likeness (QED) is 0.788. The summed E-state index contributed by atoms with van der Waals surface area (Å²) in [6, 6.07) is 16.0. The molecule has 1 atom stereocenters. The minimum atomic E-state index is 0. The number of nitrogens with zero attached hydrogens (tertiary/aromatic N) is 1. The molecule has 0 saturated heterocycles. The fourth-order valence-corrected chi connectivity index (χ4v) is 3.89. The first-order valence-corrected chi connectivity index (χ1v) is 7.85. The van der Waals surface area contributed by atoms with Gasteiger partial charge in [0.05, 0.1) is 13.2 Å². The summed E-state index contributed by atoms with van der Waals surface area (Å²) in [6.45, 7) is 2.36. The molecule has 3 heteroatoms. The molecule has 0 fully saturated rings. The molecule has 0 radical (unpaired) electrons. The van der Waals surface area contributed by atoms with Gasteiger partial charge in [0.1, 0.15) is 5.75 Å². The molecule has 22 heavy (non-hydrogen) atoms. The zero-order valence-electron chi connectivity index (χ0n) is 12.9. The van der Waals surface area contributed by atoms with E-state index < -0.39 is 0 Å². The highest BCUT2D eigenvalue weighted by molar-refractivity contribution is 5.85. The summed E-state index contributed by atoms with van der Waals surface area (Å²) < 4.78 is 5.41. The second-order valence-corrected chi connectivity index (χ2v) is 6.06. The van der Waals surface area contributed by atoms with Crippen molar-refractivity contribution in [1.82, 2.24) is 4.90 Å². The molecule has 2 aliphatic heterocycles. The van der Waals surface area contributed by atoms with Gasteiger partial charge in [-0.15, -0.1) is 12.4 Å². The summed E-state index contributed by atoms with van der Waals surface area (Å²) >= 11 is 0. The van der Waals surface area contributed by atoms with E-state index in [9.17, 15) is 0 Å². The molecule has 0 amide bonds. The van der Waals surface area contributed by atoms with E-state index in [-0.39, 0.29) is 12.4 Å². The van der Waals surface area contributed by atoms with Gasteiger partial charge in [-0.1, -0.05) is 30.3 Å². The first-order valence-electron chi connectivity index (χ1n) is 7.85. The molecule has 0 spiro atoms. The predicted molar refractivity (Wildman–Crippen MR) is 92.1 cm³/mol. The summed E-state index contributed by atoms with van der Waals surface area (Å²) in [5.41, 5.74) is 5.94.